The Morgan fingerprint density at radius 2 is 1.89 bits per heavy atom. The summed E-state index contributed by atoms with van der Waals surface area (Å²) >= 11 is 0. The van der Waals surface area contributed by atoms with Gasteiger partial charge in [0, 0.05) is 18.1 Å². The molecule has 4 nitrogen and oxygen atoms in total. The van der Waals surface area contributed by atoms with Crippen LogP contribution in [0.5, 0.6) is 0 Å². The molecule has 1 heterocycles. The smallest absolute Gasteiger partial charge is 0.416 e. The summed E-state index contributed by atoms with van der Waals surface area (Å²) in [6.45, 7) is 1.56. The van der Waals surface area contributed by atoms with Crippen molar-refractivity contribution in [2.45, 2.75) is 19.6 Å². The average Bonchev–Trinajstić information content (AvgIpc) is 2.63. The van der Waals surface area contributed by atoms with E-state index < -0.39 is 29.0 Å². The lowest BCUT2D eigenvalue weighted by Crippen LogP contribution is -2.21. The molecule has 0 spiro atoms. The van der Waals surface area contributed by atoms with Gasteiger partial charge >= 0.3 is 12.1 Å². The lowest BCUT2D eigenvalue weighted by molar-refractivity contribution is -0.137. The molecule has 3 aromatic rings. The second kappa shape index (κ2) is 7.46. The first-order valence-corrected chi connectivity index (χ1v) is 8.36. The van der Waals surface area contributed by atoms with E-state index in [4.69, 9.17) is 4.74 Å². The number of aromatic nitrogens is 1. The van der Waals surface area contributed by atoms with Crippen molar-refractivity contribution in [3.63, 3.8) is 0 Å². The second-order valence-corrected chi connectivity index (χ2v) is 6.08. The van der Waals surface area contributed by atoms with E-state index in [0.717, 1.165) is 24.4 Å². The Bertz CT molecular complexity index is 1100. The average molecular weight is 393 g/mol. The molecule has 0 atom stereocenters. The van der Waals surface area contributed by atoms with Gasteiger partial charge in [-0.2, -0.15) is 13.2 Å². The first kappa shape index (κ1) is 19.6. The van der Waals surface area contributed by atoms with E-state index in [9.17, 15) is 27.2 Å². The predicted molar refractivity (Wildman–Crippen MR) is 94.7 cm³/mol. The SMILES string of the molecule is CCOC(=O)c1cn(Cc2cccc(F)c2)c2cc(C(F)(F)F)ccc2c1=O. The second-order valence-electron chi connectivity index (χ2n) is 6.08. The van der Waals surface area contributed by atoms with E-state index in [1.54, 1.807) is 13.0 Å². The molecule has 146 valence electrons. The van der Waals surface area contributed by atoms with Crippen molar-refractivity contribution in [1.82, 2.24) is 4.57 Å². The Kier molecular flexibility index (Phi) is 5.22. The summed E-state index contributed by atoms with van der Waals surface area (Å²) in [7, 11) is 0. The van der Waals surface area contributed by atoms with Crippen LogP contribution in [0.3, 0.4) is 0 Å². The Morgan fingerprint density at radius 3 is 2.54 bits per heavy atom. The molecule has 3 rings (SSSR count). The Balaban J connectivity index is 2.25. The minimum atomic E-state index is -4.60. The number of carbonyl (C=O) groups is 1. The van der Waals surface area contributed by atoms with E-state index in [0.29, 0.717) is 5.56 Å². The van der Waals surface area contributed by atoms with E-state index >= 15 is 0 Å². The Hall–Kier alpha value is -3.16. The van der Waals surface area contributed by atoms with Crippen LogP contribution >= 0.6 is 0 Å². The molecule has 0 fully saturated rings. The van der Waals surface area contributed by atoms with Crippen molar-refractivity contribution in [2.24, 2.45) is 0 Å². The number of hydrogen-bond acceptors (Lipinski definition) is 3. The molecular weight excluding hydrogens is 378 g/mol. The van der Waals surface area contributed by atoms with Crippen LogP contribution in [0.25, 0.3) is 10.9 Å². The molecule has 0 unspecified atom stereocenters. The van der Waals surface area contributed by atoms with Gasteiger partial charge in [0.15, 0.2) is 0 Å². The van der Waals surface area contributed by atoms with Crippen molar-refractivity contribution < 1.29 is 27.1 Å². The van der Waals surface area contributed by atoms with Crippen LogP contribution in [-0.4, -0.2) is 17.1 Å². The number of nitrogens with zero attached hydrogens (tertiary/aromatic N) is 1. The normalized spacial score (nSPS) is 11.6. The lowest BCUT2D eigenvalue weighted by atomic mass is 10.1. The minimum absolute atomic E-state index is 0.0165. The molecule has 0 aliphatic rings. The largest absolute Gasteiger partial charge is 0.462 e. The zero-order chi connectivity index (χ0) is 20.5. The Morgan fingerprint density at radius 1 is 1.14 bits per heavy atom. The zero-order valence-corrected chi connectivity index (χ0v) is 14.7. The molecule has 8 heteroatoms. The number of ether oxygens (including phenoxy) is 1. The highest BCUT2D eigenvalue weighted by Crippen LogP contribution is 2.31. The molecule has 0 aliphatic carbocycles. The molecule has 28 heavy (non-hydrogen) atoms. The van der Waals surface area contributed by atoms with Gasteiger partial charge in [0.1, 0.15) is 11.4 Å². The number of alkyl halides is 3. The van der Waals surface area contributed by atoms with Crippen LogP contribution in [0.4, 0.5) is 17.6 Å². The van der Waals surface area contributed by atoms with E-state index in [1.807, 2.05) is 0 Å². The molecule has 0 amide bonds. The molecule has 0 bridgehead atoms. The van der Waals surface area contributed by atoms with Gasteiger partial charge in [0.25, 0.3) is 0 Å². The van der Waals surface area contributed by atoms with E-state index in [1.165, 1.54) is 22.8 Å². The topological polar surface area (TPSA) is 48.3 Å². The van der Waals surface area contributed by atoms with Crippen LogP contribution in [-0.2, 0) is 17.5 Å². The van der Waals surface area contributed by atoms with Gasteiger partial charge in [-0.3, -0.25) is 4.79 Å². The van der Waals surface area contributed by atoms with Crippen LogP contribution in [0.15, 0.2) is 53.5 Å². The number of pyridine rings is 1. The van der Waals surface area contributed by atoms with Crippen LogP contribution in [0, 0.1) is 5.82 Å². The van der Waals surface area contributed by atoms with Gasteiger partial charge in [-0.25, -0.2) is 9.18 Å². The molecule has 0 N–H and O–H groups in total. The first-order valence-electron chi connectivity index (χ1n) is 8.36. The summed E-state index contributed by atoms with van der Waals surface area (Å²) in [6.07, 6.45) is -3.46. The number of hydrogen-bond donors (Lipinski definition) is 0. The van der Waals surface area contributed by atoms with Gasteiger partial charge in [-0.1, -0.05) is 12.1 Å². The van der Waals surface area contributed by atoms with Crippen molar-refractivity contribution in [2.75, 3.05) is 6.61 Å². The zero-order valence-electron chi connectivity index (χ0n) is 14.7. The Labute approximate surface area is 157 Å². The lowest BCUT2D eigenvalue weighted by Gasteiger charge is -2.15. The van der Waals surface area contributed by atoms with Crippen LogP contribution in [0.2, 0.25) is 0 Å². The maximum Gasteiger partial charge on any atom is 0.416 e. The minimum Gasteiger partial charge on any atom is -0.462 e. The molecular formula is C20H15F4NO3. The molecule has 0 radical (unpaired) electrons. The van der Waals surface area contributed by atoms with Gasteiger partial charge < -0.3 is 9.30 Å². The number of fused-ring (bicyclic) bond motifs is 1. The molecule has 1 aromatic heterocycles. The number of esters is 1. The molecule has 2 aromatic carbocycles. The van der Waals surface area contributed by atoms with Gasteiger partial charge in [0.05, 0.1) is 17.7 Å². The fourth-order valence-corrected chi connectivity index (χ4v) is 2.88. The van der Waals surface area contributed by atoms with Crippen molar-refractivity contribution in [1.29, 1.82) is 0 Å². The fourth-order valence-electron chi connectivity index (χ4n) is 2.88. The first-order chi connectivity index (χ1) is 13.2. The molecule has 0 saturated heterocycles. The monoisotopic (exact) mass is 393 g/mol. The molecule has 0 aliphatic heterocycles. The highest BCUT2D eigenvalue weighted by Gasteiger charge is 2.31. The summed E-state index contributed by atoms with van der Waals surface area (Å²) in [5, 5.41) is -0.0602. The van der Waals surface area contributed by atoms with Crippen LogP contribution < -0.4 is 5.43 Å². The van der Waals surface area contributed by atoms with Crippen LogP contribution in [0.1, 0.15) is 28.4 Å². The maximum atomic E-state index is 13.5. The maximum absolute atomic E-state index is 13.5. The number of carbonyl (C=O) groups excluding carboxylic acids is 1. The summed E-state index contributed by atoms with van der Waals surface area (Å²) in [6, 6.07) is 8.16. The van der Waals surface area contributed by atoms with Gasteiger partial charge in [-0.15, -0.1) is 0 Å². The van der Waals surface area contributed by atoms with Crippen molar-refractivity contribution >= 4 is 16.9 Å². The third-order valence-corrected chi connectivity index (χ3v) is 4.15. The standard InChI is InChI=1S/C20H15F4NO3/c1-2-28-19(27)16-11-25(10-12-4-3-5-14(21)8-12)17-9-13(20(22,23)24)6-7-15(17)18(16)26/h3-9,11H,2,10H2,1H3. The summed E-state index contributed by atoms with van der Waals surface area (Å²) < 4.78 is 59.0. The van der Waals surface area contributed by atoms with Gasteiger partial charge in [0.2, 0.25) is 5.43 Å². The third-order valence-electron chi connectivity index (χ3n) is 4.15. The summed E-state index contributed by atoms with van der Waals surface area (Å²) in [5.74, 6) is -1.38. The quantitative estimate of drug-likeness (QED) is 0.488. The highest BCUT2D eigenvalue weighted by molar-refractivity contribution is 5.94. The third kappa shape index (κ3) is 3.90. The summed E-state index contributed by atoms with van der Waals surface area (Å²) in [4.78, 5) is 24.7. The van der Waals surface area contributed by atoms with E-state index in [-0.39, 0.29) is 29.6 Å². The molecule has 0 saturated carbocycles. The predicted octanol–water partition coefficient (Wildman–Crippen LogP) is 4.38. The summed E-state index contributed by atoms with van der Waals surface area (Å²) in [5.41, 5.74) is -1.52. The van der Waals surface area contributed by atoms with Gasteiger partial charge in [-0.05, 0) is 42.8 Å². The van der Waals surface area contributed by atoms with E-state index in [2.05, 4.69) is 0 Å². The van der Waals surface area contributed by atoms with Crippen molar-refractivity contribution in [3.8, 4) is 0 Å². The van der Waals surface area contributed by atoms with Crippen molar-refractivity contribution in [3.05, 3.63) is 81.4 Å². The number of benzene rings is 2. The number of halogens is 4. The fraction of sp³-hybridized carbons (Fsp3) is 0.200. The number of rotatable bonds is 4. The highest BCUT2D eigenvalue weighted by atomic mass is 19.4.